The van der Waals surface area contributed by atoms with E-state index in [1.54, 1.807) is 0 Å². The van der Waals surface area contributed by atoms with Crippen molar-refractivity contribution in [3.8, 4) is 11.5 Å². The van der Waals surface area contributed by atoms with Gasteiger partial charge < -0.3 is 14.5 Å². The SMILES string of the molecule is O=c1cc(CN2CCC[C@@H](N3CCN(Cc4ccc5c(c4)OCO5)CC3)C2)[nH]c(=O)[nH]1. The molecule has 0 unspecified atom stereocenters. The molecule has 0 saturated carbocycles. The van der Waals surface area contributed by atoms with Crippen molar-refractivity contribution in [2.45, 2.75) is 32.0 Å². The van der Waals surface area contributed by atoms with Crippen molar-refractivity contribution in [1.29, 1.82) is 0 Å². The van der Waals surface area contributed by atoms with Crippen LogP contribution in [0.5, 0.6) is 11.5 Å². The number of nitrogens with one attached hydrogen (secondary N) is 2. The van der Waals surface area contributed by atoms with Crippen LogP contribution in [0.2, 0.25) is 0 Å². The maximum Gasteiger partial charge on any atom is 0.325 e. The highest BCUT2D eigenvalue weighted by atomic mass is 16.7. The predicted octanol–water partition coefficient (Wildman–Crippen LogP) is 0.574. The van der Waals surface area contributed by atoms with Gasteiger partial charge in [0, 0.05) is 63.6 Å². The van der Waals surface area contributed by atoms with E-state index < -0.39 is 5.69 Å². The lowest BCUT2D eigenvalue weighted by Gasteiger charge is -2.43. The van der Waals surface area contributed by atoms with Gasteiger partial charge in [-0.3, -0.25) is 24.5 Å². The third kappa shape index (κ3) is 4.84. The van der Waals surface area contributed by atoms with Crippen LogP contribution in [0.3, 0.4) is 0 Å². The molecule has 0 bridgehead atoms. The zero-order chi connectivity index (χ0) is 21.2. The van der Waals surface area contributed by atoms with Crippen LogP contribution in [0, 0.1) is 0 Å². The summed E-state index contributed by atoms with van der Waals surface area (Å²) in [7, 11) is 0. The molecule has 0 amide bonds. The van der Waals surface area contributed by atoms with E-state index >= 15 is 0 Å². The van der Waals surface area contributed by atoms with Crippen LogP contribution in [0.1, 0.15) is 24.1 Å². The lowest BCUT2D eigenvalue weighted by atomic mass is 10.0. The van der Waals surface area contributed by atoms with Gasteiger partial charge in [0.05, 0.1) is 0 Å². The molecule has 166 valence electrons. The molecule has 0 spiro atoms. The van der Waals surface area contributed by atoms with E-state index in [-0.39, 0.29) is 5.56 Å². The van der Waals surface area contributed by atoms with E-state index in [1.807, 2.05) is 6.07 Å². The molecule has 4 heterocycles. The number of ether oxygens (including phenoxy) is 2. The molecular weight excluding hydrogens is 398 g/mol. The molecule has 9 heteroatoms. The molecule has 5 rings (SSSR count). The molecule has 1 atom stereocenters. The van der Waals surface area contributed by atoms with Crippen molar-refractivity contribution in [2.75, 3.05) is 46.1 Å². The van der Waals surface area contributed by atoms with E-state index in [1.165, 1.54) is 18.1 Å². The van der Waals surface area contributed by atoms with Gasteiger partial charge in [-0.1, -0.05) is 6.07 Å². The van der Waals surface area contributed by atoms with E-state index in [9.17, 15) is 9.59 Å². The number of fused-ring (bicyclic) bond motifs is 1. The Hall–Kier alpha value is -2.62. The Balaban J connectivity index is 1.13. The monoisotopic (exact) mass is 427 g/mol. The second-order valence-corrected chi connectivity index (χ2v) is 8.64. The number of benzene rings is 1. The Morgan fingerprint density at radius 2 is 1.74 bits per heavy atom. The minimum absolute atomic E-state index is 0.312. The number of H-pyrrole nitrogens is 2. The fourth-order valence-corrected chi connectivity index (χ4v) is 4.90. The zero-order valence-corrected chi connectivity index (χ0v) is 17.6. The highest BCUT2D eigenvalue weighted by Crippen LogP contribution is 2.33. The van der Waals surface area contributed by atoms with Gasteiger partial charge >= 0.3 is 5.69 Å². The van der Waals surface area contributed by atoms with Crippen LogP contribution in [-0.2, 0) is 13.1 Å². The lowest BCUT2D eigenvalue weighted by molar-refractivity contribution is 0.0473. The first-order valence-electron chi connectivity index (χ1n) is 11.0. The summed E-state index contributed by atoms with van der Waals surface area (Å²) in [5, 5.41) is 0. The van der Waals surface area contributed by atoms with E-state index in [4.69, 9.17) is 9.47 Å². The molecule has 0 aliphatic carbocycles. The molecule has 1 aromatic heterocycles. The predicted molar refractivity (Wildman–Crippen MR) is 115 cm³/mol. The first kappa shape index (κ1) is 20.3. The first-order chi connectivity index (χ1) is 15.1. The standard InChI is InChI=1S/C22H29N5O4/c28-21-11-17(23-22(29)24-21)13-26-5-1-2-18(14-26)27-8-6-25(7-9-27)12-16-3-4-19-20(10-16)31-15-30-19/h3-4,10-11,18H,1-2,5-9,12-15H2,(H2,23,24,28,29)/t18-/m1/s1. The Labute approximate surface area is 180 Å². The van der Waals surface area contributed by atoms with Crippen LogP contribution in [-0.4, -0.2) is 76.8 Å². The Bertz CT molecular complexity index is 999. The van der Waals surface area contributed by atoms with Crippen LogP contribution in [0.4, 0.5) is 0 Å². The van der Waals surface area contributed by atoms with Crippen LogP contribution in [0.15, 0.2) is 33.9 Å². The number of rotatable bonds is 5. The average molecular weight is 428 g/mol. The number of aromatic amines is 2. The van der Waals surface area contributed by atoms with Gasteiger partial charge in [-0.15, -0.1) is 0 Å². The molecule has 9 nitrogen and oxygen atoms in total. The summed E-state index contributed by atoms with van der Waals surface area (Å²) in [6.07, 6.45) is 2.33. The fourth-order valence-electron chi connectivity index (χ4n) is 4.90. The molecule has 3 aliphatic heterocycles. The van der Waals surface area contributed by atoms with E-state index in [0.29, 0.717) is 25.1 Å². The van der Waals surface area contributed by atoms with Crippen LogP contribution in [0.25, 0.3) is 0 Å². The normalized spacial score (nSPS) is 22.6. The summed E-state index contributed by atoms with van der Waals surface area (Å²) in [5.41, 5.74) is 1.16. The highest BCUT2D eigenvalue weighted by molar-refractivity contribution is 5.44. The molecular formula is C22H29N5O4. The number of piperidine rings is 1. The second kappa shape index (κ2) is 8.86. The Kier molecular flexibility index (Phi) is 5.80. The zero-order valence-electron chi connectivity index (χ0n) is 17.6. The molecule has 1 aromatic carbocycles. The van der Waals surface area contributed by atoms with Crippen molar-refractivity contribution in [1.82, 2.24) is 24.7 Å². The van der Waals surface area contributed by atoms with Crippen LogP contribution >= 0.6 is 0 Å². The minimum atomic E-state index is -0.436. The summed E-state index contributed by atoms with van der Waals surface area (Å²) in [6.45, 7) is 8.03. The van der Waals surface area contributed by atoms with Crippen molar-refractivity contribution in [3.05, 3.63) is 56.4 Å². The molecule has 3 aliphatic rings. The van der Waals surface area contributed by atoms with E-state index in [0.717, 1.165) is 63.7 Å². The average Bonchev–Trinajstić information content (AvgIpc) is 3.22. The molecule has 2 N–H and O–H groups in total. The summed E-state index contributed by atoms with van der Waals surface area (Å²) < 4.78 is 10.9. The number of aromatic nitrogens is 2. The number of piperazine rings is 1. The molecule has 31 heavy (non-hydrogen) atoms. The van der Waals surface area contributed by atoms with Crippen molar-refractivity contribution < 1.29 is 9.47 Å². The maximum absolute atomic E-state index is 11.6. The number of hydrogen-bond acceptors (Lipinski definition) is 7. The third-order valence-electron chi connectivity index (χ3n) is 6.46. The highest BCUT2D eigenvalue weighted by Gasteiger charge is 2.28. The minimum Gasteiger partial charge on any atom is -0.454 e. The van der Waals surface area contributed by atoms with Gasteiger partial charge in [-0.05, 0) is 37.1 Å². The molecule has 2 aromatic rings. The second-order valence-electron chi connectivity index (χ2n) is 8.64. The van der Waals surface area contributed by atoms with Gasteiger partial charge in [-0.2, -0.15) is 0 Å². The number of hydrogen-bond donors (Lipinski definition) is 2. The Morgan fingerprint density at radius 1 is 0.903 bits per heavy atom. The van der Waals surface area contributed by atoms with Crippen molar-refractivity contribution in [3.63, 3.8) is 0 Å². The summed E-state index contributed by atoms with van der Waals surface area (Å²) >= 11 is 0. The lowest BCUT2D eigenvalue weighted by Crippen LogP contribution is -2.54. The van der Waals surface area contributed by atoms with E-state index in [2.05, 4.69) is 36.8 Å². The summed E-state index contributed by atoms with van der Waals surface area (Å²) in [5.74, 6) is 1.68. The van der Waals surface area contributed by atoms with Crippen molar-refractivity contribution in [2.24, 2.45) is 0 Å². The number of likely N-dealkylation sites (tertiary alicyclic amines) is 1. The van der Waals surface area contributed by atoms with Gasteiger partial charge in [0.25, 0.3) is 5.56 Å². The first-order valence-corrected chi connectivity index (χ1v) is 11.0. The van der Waals surface area contributed by atoms with Gasteiger partial charge in [0.2, 0.25) is 6.79 Å². The molecule has 2 saturated heterocycles. The van der Waals surface area contributed by atoms with Crippen molar-refractivity contribution >= 4 is 0 Å². The Morgan fingerprint density at radius 3 is 2.58 bits per heavy atom. The topological polar surface area (TPSA) is 93.9 Å². The summed E-state index contributed by atoms with van der Waals surface area (Å²) in [6, 6.07) is 8.22. The van der Waals surface area contributed by atoms with Crippen LogP contribution < -0.4 is 20.7 Å². The number of nitrogens with zero attached hydrogens (tertiary/aromatic N) is 3. The fraction of sp³-hybridized carbons (Fsp3) is 0.545. The van der Waals surface area contributed by atoms with Gasteiger partial charge in [-0.25, -0.2) is 4.79 Å². The third-order valence-corrected chi connectivity index (χ3v) is 6.46. The quantitative estimate of drug-likeness (QED) is 0.721. The summed E-state index contributed by atoms with van der Waals surface area (Å²) in [4.78, 5) is 35.5. The molecule has 2 fully saturated rings. The van der Waals surface area contributed by atoms with Gasteiger partial charge in [0.1, 0.15) is 0 Å². The maximum atomic E-state index is 11.6. The smallest absolute Gasteiger partial charge is 0.325 e. The van der Waals surface area contributed by atoms with Gasteiger partial charge in [0.15, 0.2) is 11.5 Å². The largest absolute Gasteiger partial charge is 0.454 e. The molecule has 0 radical (unpaired) electrons.